The first-order valence-electron chi connectivity index (χ1n) is 7.88. The monoisotopic (exact) mass is 238 g/mol. The summed E-state index contributed by atoms with van der Waals surface area (Å²) in [6, 6.07) is 0. The van der Waals surface area contributed by atoms with Crippen LogP contribution in [-0.4, -0.2) is 37.6 Å². The molecule has 0 atom stereocenters. The van der Waals surface area contributed by atoms with Crippen LogP contribution in [0.1, 0.15) is 57.8 Å². The minimum absolute atomic E-state index is 1.02. The molecule has 0 aromatic rings. The maximum Gasteiger partial charge on any atom is -0.00186 e. The number of piperidine rings is 1. The van der Waals surface area contributed by atoms with Gasteiger partial charge in [0.25, 0.3) is 0 Å². The summed E-state index contributed by atoms with van der Waals surface area (Å²) < 4.78 is 0. The molecule has 0 aliphatic carbocycles. The quantitative estimate of drug-likeness (QED) is 0.810. The zero-order valence-electron chi connectivity index (χ0n) is 11.4. The van der Waals surface area contributed by atoms with Gasteiger partial charge in [-0.05, 0) is 77.2 Å². The summed E-state index contributed by atoms with van der Waals surface area (Å²) in [4.78, 5) is 2.72. The zero-order valence-corrected chi connectivity index (χ0v) is 11.4. The Morgan fingerprint density at radius 1 is 0.882 bits per heavy atom. The van der Waals surface area contributed by atoms with E-state index < -0.39 is 0 Å². The van der Waals surface area contributed by atoms with Crippen LogP contribution in [0.5, 0.6) is 0 Å². The summed E-state index contributed by atoms with van der Waals surface area (Å²) in [7, 11) is 0. The Kier molecular flexibility index (Phi) is 6.36. The summed E-state index contributed by atoms with van der Waals surface area (Å²) in [5.41, 5.74) is 0. The van der Waals surface area contributed by atoms with Gasteiger partial charge in [0.15, 0.2) is 0 Å². The van der Waals surface area contributed by atoms with Gasteiger partial charge in [-0.15, -0.1) is 0 Å². The van der Waals surface area contributed by atoms with E-state index in [1.807, 2.05) is 0 Å². The average Bonchev–Trinajstić information content (AvgIpc) is 2.33. The second-order valence-electron chi connectivity index (χ2n) is 5.95. The number of rotatable bonds is 4. The van der Waals surface area contributed by atoms with Gasteiger partial charge in [-0.3, -0.25) is 0 Å². The van der Waals surface area contributed by atoms with Crippen LogP contribution in [0.4, 0.5) is 0 Å². The van der Waals surface area contributed by atoms with Crippen LogP contribution in [-0.2, 0) is 0 Å². The second kappa shape index (κ2) is 8.10. The molecule has 0 bridgehead atoms. The lowest BCUT2D eigenvalue weighted by Gasteiger charge is -2.26. The molecule has 0 saturated carbocycles. The summed E-state index contributed by atoms with van der Waals surface area (Å²) in [6.07, 6.45) is 13.0. The Balaban J connectivity index is 1.56. The van der Waals surface area contributed by atoms with Crippen LogP contribution in [0.15, 0.2) is 0 Å². The molecule has 0 aromatic heterocycles. The normalized spacial score (nSPS) is 25.4. The van der Waals surface area contributed by atoms with Crippen molar-refractivity contribution in [3.8, 4) is 0 Å². The maximum absolute atomic E-state index is 3.46. The Morgan fingerprint density at radius 2 is 1.53 bits per heavy atom. The number of nitrogens with one attached hydrogen (secondary N) is 1. The molecule has 2 aliphatic rings. The third-order valence-electron chi connectivity index (χ3n) is 4.49. The molecule has 2 heteroatoms. The molecule has 0 amide bonds. The number of hydrogen-bond donors (Lipinski definition) is 1. The molecule has 0 spiro atoms. The molecule has 0 unspecified atom stereocenters. The van der Waals surface area contributed by atoms with E-state index in [9.17, 15) is 0 Å². The van der Waals surface area contributed by atoms with E-state index in [0.29, 0.717) is 0 Å². The third kappa shape index (κ3) is 5.39. The van der Waals surface area contributed by atoms with Gasteiger partial charge in [-0.2, -0.15) is 0 Å². The number of likely N-dealkylation sites (tertiary alicyclic amines) is 1. The Labute approximate surface area is 107 Å². The fourth-order valence-corrected chi connectivity index (χ4v) is 3.31. The second-order valence-corrected chi connectivity index (χ2v) is 5.95. The predicted octanol–water partition coefficient (Wildman–Crippen LogP) is 3.03. The summed E-state index contributed by atoms with van der Waals surface area (Å²) in [5, 5.41) is 3.46. The SMILES string of the molecule is C1CCCN(CCCC2CCNCC2)CCC1. The lowest BCUT2D eigenvalue weighted by atomic mass is 9.93. The zero-order chi connectivity index (χ0) is 11.8. The molecule has 1 N–H and O–H groups in total. The largest absolute Gasteiger partial charge is 0.317 e. The average molecular weight is 238 g/mol. The Morgan fingerprint density at radius 3 is 2.24 bits per heavy atom. The van der Waals surface area contributed by atoms with Crippen molar-refractivity contribution >= 4 is 0 Å². The van der Waals surface area contributed by atoms with Crippen LogP contribution in [0.25, 0.3) is 0 Å². The molecule has 2 heterocycles. The van der Waals surface area contributed by atoms with Crippen LogP contribution in [0.2, 0.25) is 0 Å². The Bertz CT molecular complexity index is 179. The Hall–Kier alpha value is -0.0800. The number of nitrogens with zero attached hydrogens (tertiary/aromatic N) is 1. The minimum Gasteiger partial charge on any atom is -0.317 e. The highest BCUT2D eigenvalue weighted by atomic mass is 15.1. The molecular formula is C15H30N2. The van der Waals surface area contributed by atoms with Gasteiger partial charge in [-0.25, -0.2) is 0 Å². The van der Waals surface area contributed by atoms with E-state index in [-0.39, 0.29) is 0 Å². The predicted molar refractivity (Wildman–Crippen MR) is 74.4 cm³/mol. The highest BCUT2D eigenvalue weighted by Gasteiger charge is 2.13. The molecule has 2 rings (SSSR count). The molecule has 2 nitrogen and oxygen atoms in total. The molecule has 17 heavy (non-hydrogen) atoms. The van der Waals surface area contributed by atoms with Crippen LogP contribution >= 0.6 is 0 Å². The van der Waals surface area contributed by atoms with Crippen molar-refractivity contribution in [3.63, 3.8) is 0 Å². The molecular weight excluding hydrogens is 208 g/mol. The summed E-state index contributed by atoms with van der Waals surface area (Å²) >= 11 is 0. The molecule has 2 aliphatic heterocycles. The van der Waals surface area contributed by atoms with E-state index >= 15 is 0 Å². The van der Waals surface area contributed by atoms with Crippen molar-refractivity contribution in [2.24, 2.45) is 5.92 Å². The summed E-state index contributed by atoms with van der Waals surface area (Å²) in [5.74, 6) is 1.02. The van der Waals surface area contributed by atoms with Crippen molar-refractivity contribution in [1.29, 1.82) is 0 Å². The lowest BCUT2D eigenvalue weighted by molar-refractivity contribution is 0.231. The van der Waals surface area contributed by atoms with E-state index in [1.165, 1.54) is 90.5 Å². The van der Waals surface area contributed by atoms with Crippen molar-refractivity contribution < 1.29 is 0 Å². The van der Waals surface area contributed by atoms with Gasteiger partial charge < -0.3 is 10.2 Å². The smallest absolute Gasteiger partial charge is 0.00186 e. The minimum atomic E-state index is 1.02. The summed E-state index contributed by atoms with van der Waals surface area (Å²) in [6.45, 7) is 6.62. The van der Waals surface area contributed by atoms with Crippen molar-refractivity contribution in [2.45, 2.75) is 57.8 Å². The first kappa shape index (κ1) is 13.4. The van der Waals surface area contributed by atoms with Crippen molar-refractivity contribution in [1.82, 2.24) is 10.2 Å². The first-order chi connectivity index (χ1) is 8.45. The molecule has 2 fully saturated rings. The third-order valence-corrected chi connectivity index (χ3v) is 4.49. The van der Waals surface area contributed by atoms with Gasteiger partial charge in [-0.1, -0.05) is 19.3 Å². The van der Waals surface area contributed by atoms with E-state index in [1.54, 1.807) is 0 Å². The van der Waals surface area contributed by atoms with E-state index in [2.05, 4.69) is 10.2 Å². The van der Waals surface area contributed by atoms with Gasteiger partial charge in [0.1, 0.15) is 0 Å². The van der Waals surface area contributed by atoms with Crippen molar-refractivity contribution in [2.75, 3.05) is 32.7 Å². The lowest BCUT2D eigenvalue weighted by Crippen LogP contribution is -2.30. The first-order valence-corrected chi connectivity index (χ1v) is 7.88. The molecule has 2 saturated heterocycles. The molecule has 100 valence electrons. The topological polar surface area (TPSA) is 15.3 Å². The maximum atomic E-state index is 3.46. The van der Waals surface area contributed by atoms with E-state index in [4.69, 9.17) is 0 Å². The highest BCUT2D eigenvalue weighted by Crippen LogP contribution is 2.18. The van der Waals surface area contributed by atoms with E-state index in [0.717, 1.165) is 5.92 Å². The van der Waals surface area contributed by atoms with Gasteiger partial charge in [0, 0.05) is 0 Å². The molecule has 0 radical (unpaired) electrons. The van der Waals surface area contributed by atoms with Crippen molar-refractivity contribution in [3.05, 3.63) is 0 Å². The van der Waals surface area contributed by atoms with Crippen LogP contribution < -0.4 is 5.32 Å². The van der Waals surface area contributed by atoms with Crippen LogP contribution in [0, 0.1) is 5.92 Å². The fourth-order valence-electron chi connectivity index (χ4n) is 3.31. The number of hydrogen-bond acceptors (Lipinski definition) is 2. The van der Waals surface area contributed by atoms with Crippen LogP contribution in [0.3, 0.4) is 0 Å². The van der Waals surface area contributed by atoms with Gasteiger partial charge >= 0.3 is 0 Å². The molecule has 0 aromatic carbocycles. The van der Waals surface area contributed by atoms with Gasteiger partial charge in [0.05, 0.1) is 0 Å². The highest BCUT2D eigenvalue weighted by molar-refractivity contribution is 4.70. The fraction of sp³-hybridized carbons (Fsp3) is 1.00. The standard InChI is InChI=1S/C15H30N2/c1-2-4-12-17(13-5-3-1)14-6-7-15-8-10-16-11-9-15/h15-16H,1-14H2. The van der Waals surface area contributed by atoms with Gasteiger partial charge in [0.2, 0.25) is 0 Å².